The molecule has 2 nitrogen and oxygen atoms in total. The number of nitrogens with one attached hydrogen (secondary N) is 1. The molecule has 0 aromatic heterocycles. The van der Waals surface area contributed by atoms with Crippen LogP contribution in [0.25, 0.3) is 0 Å². The van der Waals surface area contributed by atoms with E-state index >= 15 is 0 Å². The average molecular weight is 194 g/mol. The van der Waals surface area contributed by atoms with Crippen molar-refractivity contribution < 1.29 is 0 Å². The fraction of sp³-hybridized carbons (Fsp3) is 0.917. The van der Waals surface area contributed by atoms with E-state index in [0.717, 1.165) is 19.4 Å². The minimum absolute atomic E-state index is 0.671. The van der Waals surface area contributed by atoms with E-state index in [4.69, 9.17) is 5.26 Å². The Morgan fingerprint density at radius 1 is 1.36 bits per heavy atom. The Kier molecular flexibility index (Phi) is 4.97. The van der Waals surface area contributed by atoms with E-state index in [0.29, 0.717) is 11.8 Å². The summed E-state index contributed by atoms with van der Waals surface area (Å²) in [5.74, 6) is 0. The highest BCUT2D eigenvalue weighted by atomic mass is 14.9. The maximum atomic E-state index is 8.36. The first kappa shape index (κ1) is 11.5. The smallest absolute Gasteiger partial charge is 0.0621 e. The molecule has 14 heavy (non-hydrogen) atoms. The second-order valence-corrected chi connectivity index (χ2v) is 4.54. The summed E-state index contributed by atoms with van der Waals surface area (Å²) in [6.07, 6.45) is 8.45. The molecule has 1 rings (SSSR count). The largest absolute Gasteiger partial charge is 0.316 e. The van der Waals surface area contributed by atoms with E-state index in [9.17, 15) is 0 Å². The summed E-state index contributed by atoms with van der Waals surface area (Å²) in [6.45, 7) is 4.56. The Hall–Kier alpha value is -0.550. The summed E-state index contributed by atoms with van der Waals surface area (Å²) in [5, 5.41) is 11.9. The molecule has 1 saturated carbocycles. The molecule has 1 aliphatic rings. The van der Waals surface area contributed by atoms with Crippen LogP contribution < -0.4 is 5.32 Å². The lowest BCUT2D eigenvalue weighted by Crippen LogP contribution is -2.24. The Morgan fingerprint density at radius 2 is 2.14 bits per heavy atom. The third-order valence-electron chi connectivity index (χ3n) is 3.13. The Bertz CT molecular complexity index is 189. The molecule has 0 aromatic carbocycles. The van der Waals surface area contributed by atoms with Gasteiger partial charge in [-0.25, -0.2) is 0 Å². The molecular weight excluding hydrogens is 172 g/mol. The highest BCUT2D eigenvalue weighted by Crippen LogP contribution is 2.48. The lowest BCUT2D eigenvalue weighted by molar-refractivity contribution is 0.418. The van der Waals surface area contributed by atoms with Crippen LogP contribution in [-0.2, 0) is 0 Å². The molecule has 0 heterocycles. The van der Waals surface area contributed by atoms with Crippen molar-refractivity contribution in [3.63, 3.8) is 0 Å². The molecule has 0 spiro atoms. The van der Waals surface area contributed by atoms with Crippen LogP contribution in [0.1, 0.15) is 51.9 Å². The van der Waals surface area contributed by atoms with Crippen LogP contribution in [0.3, 0.4) is 0 Å². The summed E-state index contributed by atoms with van der Waals surface area (Å²) in [6, 6.07) is 2.18. The Morgan fingerprint density at radius 3 is 2.71 bits per heavy atom. The van der Waals surface area contributed by atoms with Gasteiger partial charge in [0.2, 0.25) is 0 Å². The van der Waals surface area contributed by atoms with E-state index in [1.807, 2.05) is 0 Å². The van der Waals surface area contributed by atoms with E-state index in [2.05, 4.69) is 18.3 Å². The fourth-order valence-corrected chi connectivity index (χ4v) is 2.03. The van der Waals surface area contributed by atoms with Crippen molar-refractivity contribution in [1.29, 1.82) is 5.26 Å². The maximum Gasteiger partial charge on any atom is 0.0621 e. The molecular formula is C12H22N2. The van der Waals surface area contributed by atoms with Gasteiger partial charge < -0.3 is 5.32 Å². The molecule has 2 heteroatoms. The van der Waals surface area contributed by atoms with Crippen LogP contribution in [-0.4, -0.2) is 13.1 Å². The molecule has 0 atom stereocenters. The normalized spacial score (nSPS) is 17.7. The number of rotatable bonds is 8. The number of hydrogen-bond donors (Lipinski definition) is 1. The van der Waals surface area contributed by atoms with Gasteiger partial charge in [-0.3, -0.25) is 0 Å². The van der Waals surface area contributed by atoms with E-state index < -0.39 is 0 Å². The molecule has 0 amide bonds. The van der Waals surface area contributed by atoms with Crippen molar-refractivity contribution in [2.24, 2.45) is 5.41 Å². The van der Waals surface area contributed by atoms with Crippen molar-refractivity contribution >= 4 is 0 Å². The molecule has 0 aromatic rings. The SMILES string of the molecule is CCCC1(CNCCCCC#N)CC1. The lowest BCUT2D eigenvalue weighted by atomic mass is 10.0. The lowest BCUT2D eigenvalue weighted by Gasteiger charge is -2.14. The van der Waals surface area contributed by atoms with Gasteiger partial charge in [-0.05, 0) is 44.1 Å². The zero-order chi connectivity index (χ0) is 10.3. The van der Waals surface area contributed by atoms with Gasteiger partial charge in [-0.15, -0.1) is 0 Å². The number of unbranched alkanes of at least 4 members (excludes halogenated alkanes) is 2. The van der Waals surface area contributed by atoms with Crippen molar-refractivity contribution in [1.82, 2.24) is 5.32 Å². The third-order valence-corrected chi connectivity index (χ3v) is 3.13. The predicted octanol–water partition coefficient (Wildman–Crippen LogP) is 2.85. The molecule has 0 radical (unpaired) electrons. The highest BCUT2D eigenvalue weighted by Gasteiger charge is 2.40. The molecule has 0 bridgehead atoms. The van der Waals surface area contributed by atoms with E-state index in [-0.39, 0.29) is 0 Å². The van der Waals surface area contributed by atoms with Crippen LogP contribution >= 0.6 is 0 Å². The summed E-state index contributed by atoms with van der Waals surface area (Å²) in [4.78, 5) is 0. The zero-order valence-electron chi connectivity index (χ0n) is 9.31. The summed E-state index contributed by atoms with van der Waals surface area (Å²) in [5.41, 5.74) is 0.671. The van der Waals surface area contributed by atoms with Gasteiger partial charge in [0.05, 0.1) is 6.07 Å². The van der Waals surface area contributed by atoms with Crippen molar-refractivity contribution in [2.75, 3.05) is 13.1 Å². The highest BCUT2D eigenvalue weighted by molar-refractivity contribution is 4.94. The van der Waals surface area contributed by atoms with Crippen molar-refractivity contribution in [2.45, 2.75) is 51.9 Å². The van der Waals surface area contributed by atoms with Crippen LogP contribution in [0.15, 0.2) is 0 Å². The van der Waals surface area contributed by atoms with E-state index in [1.165, 1.54) is 32.2 Å². The second kappa shape index (κ2) is 6.03. The summed E-state index contributed by atoms with van der Waals surface area (Å²) in [7, 11) is 0. The van der Waals surface area contributed by atoms with Crippen molar-refractivity contribution in [3.05, 3.63) is 0 Å². The molecule has 1 fully saturated rings. The first-order valence-electron chi connectivity index (χ1n) is 5.91. The van der Waals surface area contributed by atoms with Crippen molar-refractivity contribution in [3.8, 4) is 6.07 Å². The second-order valence-electron chi connectivity index (χ2n) is 4.54. The van der Waals surface area contributed by atoms with Gasteiger partial charge in [0.1, 0.15) is 0 Å². The number of nitrogens with zero attached hydrogens (tertiary/aromatic N) is 1. The molecule has 0 unspecified atom stereocenters. The van der Waals surface area contributed by atoms with Gasteiger partial charge in [0.15, 0.2) is 0 Å². The van der Waals surface area contributed by atoms with Crippen LogP contribution in [0, 0.1) is 16.7 Å². The third kappa shape index (κ3) is 4.11. The van der Waals surface area contributed by atoms with Crippen LogP contribution in [0.2, 0.25) is 0 Å². The molecule has 0 saturated heterocycles. The van der Waals surface area contributed by atoms with Gasteiger partial charge in [0.25, 0.3) is 0 Å². The standard InChI is InChI=1S/C12H22N2/c1-2-6-12(7-8-12)11-14-10-5-3-4-9-13/h14H,2-8,10-11H2,1H3. The fourth-order valence-electron chi connectivity index (χ4n) is 2.03. The Balaban J connectivity index is 1.91. The summed E-state index contributed by atoms with van der Waals surface area (Å²) < 4.78 is 0. The minimum atomic E-state index is 0.671. The van der Waals surface area contributed by atoms with Gasteiger partial charge in [-0.1, -0.05) is 13.3 Å². The van der Waals surface area contributed by atoms with Crippen LogP contribution in [0.4, 0.5) is 0 Å². The van der Waals surface area contributed by atoms with Crippen LogP contribution in [0.5, 0.6) is 0 Å². The zero-order valence-corrected chi connectivity index (χ0v) is 9.31. The molecule has 1 N–H and O–H groups in total. The molecule has 1 aliphatic carbocycles. The first-order valence-corrected chi connectivity index (χ1v) is 5.91. The minimum Gasteiger partial charge on any atom is -0.316 e. The number of hydrogen-bond acceptors (Lipinski definition) is 2. The topological polar surface area (TPSA) is 35.8 Å². The van der Waals surface area contributed by atoms with Gasteiger partial charge in [-0.2, -0.15) is 5.26 Å². The first-order chi connectivity index (χ1) is 6.83. The maximum absolute atomic E-state index is 8.36. The predicted molar refractivity (Wildman–Crippen MR) is 58.9 cm³/mol. The Labute approximate surface area is 87.7 Å². The molecule has 80 valence electrons. The van der Waals surface area contributed by atoms with Gasteiger partial charge in [0, 0.05) is 13.0 Å². The quantitative estimate of drug-likeness (QED) is 0.603. The average Bonchev–Trinajstić information content (AvgIpc) is 2.93. The monoisotopic (exact) mass is 194 g/mol. The molecule has 0 aliphatic heterocycles. The van der Waals surface area contributed by atoms with E-state index in [1.54, 1.807) is 0 Å². The summed E-state index contributed by atoms with van der Waals surface area (Å²) >= 11 is 0. The number of nitriles is 1. The van der Waals surface area contributed by atoms with Gasteiger partial charge >= 0.3 is 0 Å².